The fourth-order valence-electron chi connectivity index (χ4n) is 1.62. The molecule has 0 bridgehead atoms. The largest absolute Gasteiger partial charge is 0.396 e. The number of rotatable bonds is 5. The van der Waals surface area contributed by atoms with E-state index in [9.17, 15) is 4.79 Å². The lowest BCUT2D eigenvalue weighted by Gasteiger charge is -2.16. The zero-order valence-corrected chi connectivity index (χ0v) is 9.39. The van der Waals surface area contributed by atoms with Crippen LogP contribution in [0.15, 0.2) is 18.5 Å². The molecule has 1 heterocycles. The second kappa shape index (κ2) is 4.25. The standard InChI is InChI=1S/C11H17N3O2/c1-9(14-6-2-5-13-14)10(16)12-7-11(8-15)3-4-11/h2,5-6,9,15H,3-4,7-8H2,1H3,(H,12,16). The SMILES string of the molecule is CC(C(=O)NCC1(CO)CC1)n1cccn1. The monoisotopic (exact) mass is 223 g/mol. The van der Waals surface area contributed by atoms with Crippen molar-refractivity contribution < 1.29 is 9.90 Å². The highest BCUT2D eigenvalue weighted by Gasteiger charge is 2.42. The number of nitrogens with zero attached hydrogens (tertiary/aromatic N) is 2. The van der Waals surface area contributed by atoms with Gasteiger partial charge in [-0.3, -0.25) is 9.48 Å². The number of aromatic nitrogens is 2. The van der Waals surface area contributed by atoms with E-state index in [1.54, 1.807) is 30.1 Å². The number of carbonyl (C=O) groups excluding carboxylic acids is 1. The van der Waals surface area contributed by atoms with Gasteiger partial charge in [0.1, 0.15) is 6.04 Å². The van der Waals surface area contributed by atoms with Crippen LogP contribution >= 0.6 is 0 Å². The van der Waals surface area contributed by atoms with Crippen LogP contribution < -0.4 is 5.32 Å². The summed E-state index contributed by atoms with van der Waals surface area (Å²) in [5.41, 5.74) is -0.0422. The van der Waals surface area contributed by atoms with Gasteiger partial charge in [0.2, 0.25) is 5.91 Å². The summed E-state index contributed by atoms with van der Waals surface area (Å²) in [7, 11) is 0. The first kappa shape index (κ1) is 11.1. The summed E-state index contributed by atoms with van der Waals surface area (Å²) in [6.45, 7) is 2.53. The van der Waals surface area contributed by atoms with Crippen LogP contribution in [0.4, 0.5) is 0 Å². The Bertz CT molecular complexity index is 357. The summed E-state index contributed by atoms with van der Waals surface area (Å²) in [5.74, 6) is -0.0524. The zero-order valence-electron chi connectivity index (χ0n) is 9.39. The molecule has 1 aliphatic carbocycles. The van der Waals surface area contributed by atoms with Crippen LogP contribution in [0.3, 0.4) is 0 Å². The minimum atomic E-state index is -0.301. The fraction of sp³-hybridized carbons (Fsp3) is 0.636. The molecule has 0 aliphatic heterocycles. The molecule has 1 unspecified atom stereocenters. The van der Waals surface area contributed by atoms with Gasteiger partial charge in [0.15, 0.2) is 0 Å². The first-order chi connectivity index (χ1) is 7.67. The minimum Gasteiger partial charge on any atom is -0.396 e. The van der Waals surface area contributed by atoms with Gasteiger partial charge in [-0.25, -0.2) is 0 Å². The number of hydrogen-bond acceptors (Lipinski definition) is 3. The second-order valence-electron chi connectivity index (χ2n) is 4.54. The third-order valence-electron chi connectivity index (χ3n) is 3.23. The molecular formula is C11H17N3O2. The summed E-state index contributed by atoms with van der Waals surface area (Å²) in [6, 6.07) is 1.49. The lowest BCUT2D eigenvalue weighted by molar-refractivity contribution is -0.124. The Balaban J connectivity index is 1.84. The molecular weight excluding hydrogens is 206 g/mol. The zero-order chi connectivity index (χ0) is 11.6. The van der Waals surface area contributed by atoms with Crippen molar-refractivity contribution in [3.63, 3.8) is 0 Å². The van der Waals surface area contributed by atoms with Gasteiger partial charge >= 0.3 is 0 Å². The van der Waals surface area contributed by atoms with E-state index in [-0.39, 0.29) is 24.0 Å². The summed E-state index contributed by atoms with van der Waals surface area (Å²) in [5, 5.41) is 16.0. The van der Waals surface area contributed by atoms with Gasteiger partial charge in [0.05, 0.1) is 6.61 Å². The second-order valence-corrected chi connectivity index (χ2v) is 4.54. The van der Waals surface area contributed by atoms with Crippen molar-refractivity contribution >= 4 is 5.91 Å². The van der Waals surface area contributed by atoms with Gasteiger partial charge in [-0.05, 0) is 25.8 Å². The molecule has 2 N–H and O–H groups in total. The van der Waals surface area contributed by atoms with Gasteiger partial charge < -0.3 is 10.4 Å². The van der Waals surface area contributed by atoms with Gasteiger partial charge in [-0.2, -0.15) is 5.10 Å². The molecule has 1 fully saturated rings. The average molecular weight is 223 g/mol. The Morgan fingerprint density at radius 3 is 2.94 bits per heavy atom. The smallest absolute Gasteiger partial charge is 0.244 e. The molecule has 1 aliphatic rings. The van der Waals surface area contributed by atoms with E-state index in [0.29, 0.717) is 6.54 Å². The molecule has 88 valence electrons. The maximum atomic E-state index is 11.8. The lowest BCUT2D eigenvalue weighted by Crippen LogP contribution is -2.36. The van der Waals surface area contributed by atoms with E-state index in [1.165, 1.54) is 0 Å². The van der Waals surface area contributed by atoms with Crippen molar-refractivity contribution in [1.82, 2.24) is 15.1 Å². The topological polar surface area (TPSA) is 67.2 Å². The van der Waals surface area contributed by atoms with E-state index in [1.807, 2.05) is 0 Å². The van der Waals surface area contributed by atoms with E-state index >= 15 is 0 Å². The first-order valence-corrected chi connectivity index (χ1v) is 5.55. The van der Waals surface area contributed by atoms with Gasteiger partial charge in [-0.15, -0.1) is 0 Å². The summed E-state index contributed by atoms with van der Waals surface area (Å²) < 4.78 is 1.62. The van der Waals surface area contributed by atoms with Gasteiger partial charge in [0.25, 0.3) is 0 Å². The Kier molecular flexibility index (Phi) is 2.96. The molecule has 5 heteroatoms. The van der Waals surface area contributed by atoms with Crippen LogP contribution in [-0.4, -0.2) is 33.9 Å². The Morgan fingerprint density at radius 1 is 1.69 bits per heavy atom. The fourth-order valence-corrected chi connectivity index (χ4v) is 1.62. The Hall–Kier alpha value is -1.36. The molecule has 1 aromatic rings. The summed E-state index contributed by atoms with van der Waals surface area (Å²) >= 11 is 0. The molecule has 16 heavy (non-hydrogen) atoms. The normalized spacial score (nSPS) is 19.1. The number of amides is 1. The molecule has 1 amide bonds. The van der Waals surface area contributed by atoms with Crippen molar-refractivity contribution in [3.8, 4) is 0 Å². The van der Waals surface area contributed by atoms with Gasteiger partial charge in [-0.1, -0.05) is 0 Å². The van der Waals surface area contributed by atoms with Crippen molar-refractivity contribution in [2.24, 2.45) is 5.41 Å². The Morgan fingerprint density at radius 2 is 2.44 bits per heavy atom. The number of aliphatic hydroxyl groups is 1. The summed E-state index contributed by atoms with van der Waals surface area (Å²) in [4.78, 5) is 11.8. The highest BCUT2D eigenvalue weighted by Crippen LogP contribution is 2.44. The number of hydrogen-bond donors (Lipinski definition) is 2. The molecule has 2 rings (SSSR count). The van der Waals surface area contributed by atoms with Gasteiger partial charge in [0, 0.05) is 24.4 Å². The molecule has 1 aromatic heterocycles. The van der Waals surface area contributed by atoms with E-state index < -0.39 is 0 Å². The predicted molar refractivity (Wildman–Crippen MR) is 58.7 cm³/mol. The third-order valence-corrected chi connectivity index (χ3v) is 3.23. The van der Waals surface area contributed by atoms with Crippen LogP contribution in [0.2, 0.25) is 0 Å². The number of nitrogens with one attached hydrogen (secondary N) is 1. The van der Waals surface area contributed by atoms with Crippen molar-refractivity contribution in [2.45, 2.75) is 25.8 Å². The first-order valence-electron chi connectivity index (χ1n) is 5.55. The Labute approximate surface area is 94.5 Å². The predicted octanol–water partition coefficient (Wildman–Crippen LogP) is 0.333. The maximum Gasteiger partial charge on any atom is 0.244 e. The van der Waals surface area contributed by atoms with Crippen molar-refractivity contribution in [3.05, 3.63) is 18.5 Å². The lowest BCUT2D eigenvalue weighted by atomic mass is 10.1. The highest BCUT2D eigenvalue weighted by molar-refractivity contribution is 5.79. The molecule has 0 spiro atoms. The molecule has 1 saturated carbocycles. The minimum absolute atomic E-state index is 0.0422. The molecule has 0 aromatic carbocycles. The van der Waals surface area contributed by atoms with Crippen LogP contribution in [0, 0.1) is 5.41 Å². The van der Waals surface area contributed by atoms with Crippen molar-refractivity contribution in [2.75, 3.05) is 13.2 Å². The van der Waals surface area contributed by atoms with Crippen LogP contribution in [0.1, 0.15) is 25.8 Å². The maximum absolute atomic E-state index is 11.8. The van der Waals surface area contributed by atoms with Crippen LogP contribution in [0.25, 0.3) is 0 Å². The van der Waals surface area contributed by atoms with E-state index in [4.69, 9.17) is 5.11 Å². The van der Waals surface area contributed by atoms with Crippen molar-refractivity contribution in [1.29, 1.82) is 0 Å². The average Bonchev–Trinajstić information content (AvgIpc) is 2.88. The highest BCUT2D eigenvalue weighted by atomic mass is 16.3. The molecule has 1 atom stereocenters. The number of carbonyl (C=O) groups is 1. The van der Waals surface area contributed by atoms with Crippen LogP contribution in [-0.2, 0) is 4.79 Å². The van der Waals surface area contributed by atoms with E-state index in [2.05, 4.69) is 10.4 Å². The third kappa shape index (κ3) is 2.24. The molecule has 5 nitrogen and oxygen atoms in total. The molecule has 0 saturated heterocycles. The number of aliphatic hydroxyl groups excluding tert-OH is 1. The summed E-state index contributed by atoms with van der Waals surface area (Å²) in [6.07, 6.45) is 5.42. The quantitative estimate of drug-likeness (QED) is 0.756. The molecule has 0 radical (unpaired) electrons. The van der Waals surface area contributed by atoms with E-state index in [0.717, 1.165) is 12.8 Å². The van der Waals surface area contributed by atoms with Crippen LogP contribution in [0.5, 0.6) is 0 Å².